The third kappa shape index (κ3) is 2.64. The highest BCUT2D eigenvalue weighted by Gasteiger charge is 2.60. The van der Waals surface area contributed by atoms with Crippen molar-refractivity contribution < 1.29 is 4.79 Å². The minimum absolute atomic E-state index is 0.0694. The molecule has 4 atom stereocenters. The molecular formula is C18H31N3O. The predicted molar refractivity (Wildman–Crippen MR) is 87.7 cm³/mol. The lowest BCUT2D eigenvalue weighted by Gasteiger charge is -2.65. The number of rotatable bonds is 2. The Kier molecular flexibility index (Phi) is 3.27. The van der Waals surface area contributed by atoms with Crippen molar-refractivity contribution in [1.29, 1.82) is 0 Å². The van der Waals surface area contributed by atoms with Crippen LogP contribution in [-0.4, -0.2) is 30.7 Å². The second-order valence-corrected chi connectivity index (χ2v) is 9.53. The average Bonchev–Trinajstić information content (AvgIpc) is 2.34. The van der Waals surface area contributed by atoms with Gasteiger partial charge in [-0.05, 0) is 81.2 Å². The molecule has 1 saturated heterocycles. The molecule has 0 radical (unpaired) electrons. The fourth-order valence-corrected chi connectivity index (χ4v) is 7.02. The van der Waals surface area contributed by atoms with Crippen LogP contribution in [0.5, 0.6) is 0 Å². The molecule has 3 N–H and O–H groups in total. The molecule has 4 aliphatic carbocycles. The van der Waals surface area contributed by atoms with Gasteiger partial charge >= 0.3 is 6.03 Å². The molecule has 4 heteroatoms. The summed E-state index contributed by atoms with van der Waals surface area (Å²) in [5, 5.41) is 10.0. The van der Waals surface area contributed by atoms with E-state index in [9.17, 15) is 4.79 Å². The molecule has 5 aliphatic rings. The summed E-state index contributed by atoms with van der Waals surface area (Å²) in [7, 11) is 0. The van der Waals surface area contributed by atoms with Gasteiger partial charge in [-0.25, -0.2) is 4.79 Å². The highest BCUT2D eigenvalue weighted by atomic mass is 16.2. The zero-order valence-electron chi connectivity index (χ0n) is 14.1. The van der Waals surface area contributed by atoms with E-state index in [1.807, 2.05) is 0 Å². The number of carbonyl (C=O) groups is 1. The maximum atomic E-state index is 12.6. The van der Waals surface area contributed by atoms with Crippen LogP contribution >= 0.6 is 0 Å². The maximum Gasteiger partial charge on any atom is 0.315 e. The third-order valence-corrected chi connectivity index (χ3v) is 6.68. The van der Waals surface area contributed by atoms with Crippen LogP contribution in [0.15, 0.2) is 0 Å². The van der Waals surface area contributed by atoms with Crippen LogP contribution in [0.4, 0.5) is 4.79 Å². The van der Waals surface area contributed by atoms with Crippen LogP contribution in [0.2, 0.25) is 0 Å². The molecule has 0 spiro atoms. The Morgan fingerprint density at radius 3 is 2.23 bits per heavy atom. The van der Waals surface area contributed by atoms with E-state index in [-0.39, 0.29) is 11.6 Å². The van der Waals surface area contributed by atoms with Gasteiger partial charge in [-0.1, -0.05) is 13.8 Å². The number of hydrogen-bond acceptors (Lipinski definition) is 2. The molecule has 0 aromatic rings. The van der Waals surface area contributed by atoms with Crippen LogP contribution in [0.25, 0.3) is 0 Å². The number of urea groups is 1. The van der Waals surface area contributed by atoms with E-state index < -0.39 is 0 Å². The molecule has 1 heterocycles. The quantitative estimate of drug-likeness (QED) is 0.735. The molecule has 2 unspecified atom stereocenters. The molecule has 0 aromatic heterocycles. The van der Waals surface area contributed by atoms with Gasteiger partial charge in [0.25, 0.3) is 0 Å². The number of amides is 2. The fourth-order valence-electron chi connectivity index (χ4n) is 7.02. The lowest BCUT2D eigenvalue weighted by molar-refractivity contribution is -0.113. The van der Waals surface area contributed by atoms with E-state index in [2.05, 4.69) is 29.8 Å². The molecular weight excluding hydrogens is 274 g/mol. The van der Waals surface area contributed by atoms with Gasteiger partial charge in [-0.3, -0.25) is 0 Å². The molecule has 124 valence electrons. The normalized spacial score (nSPS) is 47.5. The van der Waals surface area contributed by atoms with Crippen molar-refractivity contribution in [2.24, 2.45) is 16.7 Å². The van der Waals surface area contributed by atoms with E-state index in [1.165, 1.54) is 38.5 Å². The molecule has 0 aromatic carbocycles. The zero-order chi connectivity index (χ0) is 15.4. The summed E-state index contributed by atoms with van der Waals surface area (Å²) in [6.07, 6.45) is 9.80. The minimum Gasteiger partial charge on any atom is -0.335 e. The van der Waals surface area contributed by atoms with Gasteiger partial charge in [-0.15, -0.1) is 0 Å². The Hall–Kier alpha value is -0.770. The second kappa shape index (κ2) is 4.86. The number of hydrogen-bond donors (Lipinski definition) is 3. The molecule has 22 heavy (non-hydrogen) atoms. The third-order valence-electron chi connectivity index (χ3n) is 6.68. The summed E-state index contributed by atoms with van der Waals surface area (Å²) in [5.74, 6) is 0.824. The van der Waals surface area contributed by atoms with Crippen molar-refractivity contribution in [1.82, 2.24) is 16.0 Å². The van der Waals surface area contributed by atoms with E-state index in [1.54, 1.807) is 0 Å². The van der Waals surface area contributed by atoms with Gasteiger partial charge in [0.1, 0.15) is 0 Å². The summed E-state index contributed by atoms with van der Waals surface area (Å²) in [5.41, 5.74) is 0.978. The summed E-state index contributed by atoms with van der Waals surface area (Å²) in [6.45, 7) is 6.95. The zero-order valence-corrected chi connectivity index (χ0v) is 14.1. The molecule has 5 rings (SSSR count). The minimum atomic E-state index is 0.0694. The number of carbonyl (C=O) groups excluding carboxylic acids is 1. The lowest BCUT2D eigenvalue weighted by atomic mass is 9.43. The van der Waals surface area contributed by atoms with Crippen molar-refractivity contribution in [3.8, 4) is 0 Å². The van der Waals surface area contributed by atoms with E-state index >= 15 is 0 Å². The van der Waals surface area contributed by atoms with Crippen molar-refractivity contribution in [3.05, 3.63) is 0 Å². The summed E-state index contributed by atoms with van der Waals surface area (Å²) in [4.78, 5) is 12.6. The number of piperidine rings is 1. The maximum absolute atomic E-state index is 12.6. The van der Waals surface area contributed by atoms with Gasteiger partial charge in [0.05, 0.1) is 0 Å². The van der Waals surface area contributed by atoms with Gasteiger partial charge in [0, 0.05) is 11.6 Å². The Labute approximate surface area is 134 Å². The summed E-state index contributed by atoms with van der Waals surface area (Å²) in [6, 6.07) is 0.433. The Morgan fingerprint density at radius 2 is 1.64 bits per heavy atom. The lowest BCUT2D eigenvalue weighted by Crippen LogP contribution is -2.66. The first-order valence-electron chi connectivity index (χ1n) is 9.17. The van der Waals surface area contributed by atoms with Gasteiger partial charge < -0.3 is 16.0 Å². The van der Waals surface area contributed by atoms with E-state index in [0.29, 0.717) is 16.9 Å². The molecule has 2 amide bonds. The first-order chi connectivity index (χ1) is 10.4. The Morgan fingerprint density at radius 1 is 1.00 bits per heavy atom. The topological polar surface area (TPSA) is 53.2 Å². The second-order valence-electron chi connectivity index (χ2n) is 9.53. The highest BCUT2D eigenvalue weighted by molar-refractivity contribution is 5.75. The molecule has 5 fully saturated rings. The smallest absolute Gasteiger partial charge is 0.315 e. The SMILES string of the molecule is C[C@]12CC3CC(NC(=O)NC4CCNCC4)(C1)C[C@@](C)(C3)C2. The summed E-state index contributed by atoms with van der Waals surface area (Å²) < 4.78 is 0. The van der Waals surface area contributed by atoms with Crippen LogP contribution in [0.3, 0.4) is 0 Å². The first-order valence-corrected chi connectivity index (χ1v) is 9.17. The highest BCUT2D eigenvalue weighted by Crippen LogP contribution is 2.66. The van der Waals surface area contributed by atoms with Crippen LogP contribution < -0.4 is 16.0 Å². The molecule has 1 aliphatic heterocycles. The predicted octanol–water partition coefficient (Wildman–Crippen LogP) is 2.79. The molecule has 4 bridgehead atoms. The Bertz CT molecular complexity index is 453. The van der Waals surface area contributed by atoms with Crippen LogP contribution in [-0.2, 0) is 0 Å². The van der Waals surface area contributed by atoms with Crippen molar-refractivity contribution in [2.45, 2.75) is 76.8 Å². The van der Waals surface area contributed by atoms with Gasteiger partial charge in [0.15, 0.2) is 0 Å². The van der Waals surface area contributed by atoms with E-state index in [4.69, 9.17) is 0 Å². The Balaban J connectivity index is 1.44. The van der Waals surface area contributed by atoms with Crippen molar-refractivity contribution in [2.75, 3.05) is 13.1 Å². The van der Waals surface area contributed by atoms with E-state index in [0.717, 1.165) is 31.8 Å². The number of nitrogens with one attached hydrogen (secondary N) is 3. The van der Waals surface area contributed by atoms with Crippen LogP contribution in [0.1, 0.15) is 65.2 Å². The van der Waals surface area contributed by atoms with Crippen molar-refractivity contribution in [3.63, 3.8) is 0 Å². The van der Waals surface area contributed by atoms with Crippen LogP contribution in [0, 0.1) is 16.7 Å². The largest absolute Gasteiger partial charge is 0.335 e. The van der Waals surface area contributed by atoms with Gasteiger partial charge in [-0.2, -0.15) is 0 Å². The molecule has 4 nitrogen and oxygen atoms in total. The monoisotopic (exact) mass is 305 g/mol. The standard InChI is InChI=1S/C18H31N3O/c1-16-7-13-8-17(2,10-16)12-18(9-13,11-16)21-15(22)20-14-3-5-19-6-4-14/h13-14,19H,3-12H2,1-2H3,(H2,20,21,22)/t13?,16-,17+,18?. The fraction of sp³-hybridized carbons (Fsp3) is 0.944. The average molecular weight is 305 g/mol. The summed E-state index contributed by atoms with van der Waals surface area (Å²) >= 11 is 0. The van der Waals surface area contributed by atoms with Crippen molar-refractivity contribution >= 4 is 6.03 Å². The van der Waals surface area contributed by atoms with Gasteiger partial charge in [0.2, 0.25) is 0 Å². The first kappa shape index (κ1) is 14.8. The molecule has 4 saturated carbocycles.